The van der Waals surface area contributed by atoms with Crippen LogP contribution in [0.2, 0.25) is 0 Å². The second-order valence-electron chi connectivity index (χ2n) is 7.89. The number of amides is 1. The molecule has 1 amide bonds. The lowest BCUT2D eigenvalue weighted by molar-refractivity contribution is -0.116. The molecule has 0 saturated carbocycles. The maximum absolute atomic E-state index is 13.4. The number of anilines is 1. The average Bonchev–Trinajstić information content (AvgIpc) is 3.33. The van der Waals surface area contributed by atoms with E-state index >= 15 is 0 Å². The van der Waals surface area contributed by atoms with Crippen molar-refractivity contribution < 1.29 is 18.8 Å². The van der Waals surface area contributed by atoms with Crippen molar-refractivity contribution in [2.45, 2.75) is 27.3 Å². The van der Waals surface area contributed by atoms with Crippen molar-refractivity contribution in [2.24, 2.45) is 0 Å². The Morgan fingerprint density at radius 2 is 1.74 bits per heavy atom. The number of aryl methyl sites for hydroxylation is 2. The largest absolute Gasteiger partial charge is 0.497 e. The molecule has 0 unspecified atom stereocenters. The van der Waals surface area contributed by atoms with Crippen LogP contribution < -0.4 is 20.3 Å². The van der Waals surface area contributed by atoms with Crippen LogP contribution in [0.1, 0.15) is 18.2 Å². The van der Waals surface area contributed by atoms with E-state index in [0.29, 0.717) is 40.9 Å². The van der Waals surface area contributed by atoms with Crippen LogP contribution >= 0.6 is 0 Å². The summed E-state index contributed by atoms with van der Waals surface area (Å²) in [5.74, 6) is 1.53. The van der Waals surface area contributed by atoms with Crippen molar-refractivity contribution in [3.05, 3.63) is 76.2 Å². The van der Waals surface area contributed by atoms with Gasteiger partial charge in [-0.3, -0.25) is 9.59 Å². The molecule has 2 aromatic carbocycles. The van der Waals surface area contributed by atoms with E-state index in [9.17, 15) is 9.59 Å². The summed E-state index contributed by atoms with van der Waals surface area (Å²) >= 11 is 0. The molecule has 0 bridgehead atoms. The SMILES string of the molecule is CCOc1ccc(NC(=O)Cn2c(C)cc(C)c(-c3nc(-c4ccc(OC)cc4)no3)c2=O)cc1. The number of pyridine rings is 1. The van der Waals surface area contributed by atoms with Crippen molar-refractivity contribution in [1.29, 1.82) is 0 Å². The van der Waals surface area contributed by atoms with Crippen LogP contribution in [0, 0.1) is 13.8 Å². The summed E-state index contributed by atoms with van der Waals surface area (Å²) < 4.78 is 17.4. The predicted octanol–water partition coefficient (Wildman–Crippen LogP) is 4.23. The summed E-state index contributed by atoms with van der Waals surface area (Å²) in [6, 6.07) is 16.1. The highest BCUT2D eigenvalue weighted by atomic mass is 16.5. The number of methoxy groups -OCH3 is 1. The lowest BCUT2D eigenvalue weighted by Gasteiger charge is -2.13. The molecule has 0 fully saturated rings. The number of ether oxygens (including phenoxy) is 2. The van der Waals surface area contributed by atoms with Crippen LogP contribution in [0.25, 0.3) is 22.8 Å². The lowest BCUT2D eigenvalue weighted by atomic mass is 10.1. The van der Waals surface area contributed by atoms with Gasteiger partial charge in [0.25, 0.3) is 11.4 Å². The molecule has 0 atom stereocenters. The zero-order chi connectivity index (χ0) is 24.9. The minimum Gasteiger partial charge on any atom is -0.497 e. The predicted molar refractivity (Wildman–Crippen MR) is 132 cm³/mol. The van der Waals surface area contributed by atoms with Crippen molar-refractivity contribution >= 4 is 11.6 Å². The van der Waals surface area contributed by atoms with Gasteiger partial charge in [0.2, 0.25) is 11.7 Å². The molecule has 0 aliphatic heterocycles. The van der Waals surface area contributed by atoms with E-state index in [2.05, 4.69) is 15.5 Å². The minimum atomic E-state index is -0.380. The number of carbonyl (C=O) groups is 1. The molecule has 2 aromatic heterocycles. The van der Waals surface area contributed by atoms with E-state index in [1.807, 2.05) is 13.0 Å². The number of nitrogens with zero attached hydrogens (tertiary/aromatic N) is 3. The first-order chi connectivity index (χ1) is 16.9. The Balaban J connectivity index is 1.58. The van der Waals surface area contributed by atoms with Gasteiger partial charge in [-0.2, -0.15) is 4.98 Å². The van der Waals surface area contributed by atoms with Gasteiger partial charge >= 0.3 is 0 Å². The van der Waals surface area contributed by atoms with Crippen molar-refractivity contribution in [3.63, 3.8) is 0 Å². The first kappa shape index (κ1) is 23.7. The molecule has 0 saturated heterocycles. The van der Waals surface area contributed by atoms with E-state index in [-0.39, 0.29) is 29.5 Å². The first-order valence-corrected chi connectivity index (χ1v) is 11.1. The second kappa shape index (κ2) is 10.3. The van der Waals surface area contributed by atoms with Gasteiger partial charge in [0.1, 0.15) is 23.6 Å². The normalized spacial score (nSPS) is 10.7. The second-order valence-corrected chi connectivity index (χ2v) is 7.89. The first-order valence-electron chi connectivity index (χ1n) is 11.1. The van der Waals surface area contributed by atoms with Gasteiger partial charge in [0.05, 0.1) is 13.7 Å². The molecule has 9 nitrogen and oxygen atoms in total. The van der Waals surface area contributed by atoms with E-state index in [1.165, 1.54) is 4.57 Å². The fourth-order valence-electron chi connectivity index (χ4n) is 3.71. The standard InChI is InChI=1S/C26H26N4O5/c1-5-34-21-12-8-19(9-13-21)27-22(31)15-30-17(3)14-16(2)23(26(30)32)25-28-24(29-35-25)18-6-10-20(33-4)11-7-18/h6-14H,5,15H2,1-4H3,(H,27,31). The summed E-state index contributed by atoms with van der Waals surface area (Å²) in [6.07, 6.45) is 0. The highest BCUT2D eigenvalue weighted by Gasteiger charge is 2.20. The molecule has 0 spiro atoms. The Morgan fingerprint density at radius 1 is 1.06 bits per heavy atom. The maximum Gasteiger partial charge on any atom is 0.264 e. The summed E-state index contributed by atoms with van der Waals surface area (Å²) in [7, 11) is 1.59. The maximum atomic E-state index is 13.4. The third kappa shape index (κ3) is 5.24. The van der Waals surface area contributed by atoms with Crippen molar-refractivity contribution in [2.75, 3.05) is 19.0 Å². The Hall–Kier alpha value is -4.40. The van der Waals surface area contributed by atoms with Crippen LogP contribution in [0.5, 0.6) is 11.5 Å². The van der Waals surface area contributed by atoms with Gasteiger partial charge in [0, 0.05) is 16.9 Å². The minimum absolute atomic E-state index is 0.0963. The van der Waals surface area contributed by atoms with Crippen LogP contribution in [0.4, 0.5) is 5.69 Å². The average molecular weight is 475 g/mol. The molecular weight excluding hydrogens is 448 g/mol. The number of carbonyl (C=O) groups excluding carboxylic acids is 1. The molecule has 0 radical (unpaired) electrons. The molecule has 4 rings (SSSR count). The fourth-order valence-corrected chi connectivity index (χ4v) is 3.71. The highest BCUT2D eigenvalue weighted by Crippen LogP contribution is 2.24. The van der Waals surface area contributed by atoms with E-state index in [1.54, 1.807) is 69.5 Å². The zero-order valence-corrected chi connectivity index (χ0v) is 20.0. The lowest BCUT2D eigenvalue weighted by Crippen LogP contribution is -2.30. The van der Waals surface area contributed by atoms with Crippen LogP contribution in [-0.4, -0.2) is 34.3 Å². The van der Waals surface area contributed by atoms with Gasteiger partial charge < -0.3 is 23.9 Å². The number of aromatic nitrogens is 3. The zero-order valence-electron chi connectivity index (χ0n) is 20.0. The third-order valence-electron chi connectivity index (χ3n) is 5.44. The number of hydrogen-bond donors (Lipinski definition) is 1. The molecular formula is C26H26N4O5. The third-order valence-corrected chi connectivity index (χ3v) is 5.44. The molecule has 9 heteroatoms. The number of rotatable bonds is 8. The van der Waals surface area contributed by atoms with E-state index in [4.69, 9.17) is 14.0 Å². The van der Waals surface area contributed by atoms with Crippen molar-refractivity contribution in [3.8, 4) is 34.3 Å². The molecule has 180 valence electrons. The van der Waals surface area contributed by atoms with Gasteiger partial charge in [0.15, 0.2) is 0 Å². The Morgan fingerprint density at radius 3 is 2.40 bits per heavy atom. The Labute approximate surface area is 202 Å². The summed E-state index contributed by atoms with van der Waals surface area (Å²) in [5.41, 5.74) is 2.54. The molecule has 4 aromatic rings. The summed E-state index contributed by atoms with van der Waals surface area (Å²) in [4.78, 5) is 30.5. The molecule has 35 heavy (non-hydrogen) atoms. The quantitative estimate of drug-likeness (QED) is 0.407. The van der Waals surface area contributed by atoms with Gasteiger partial charge in [-0.25, -0.2) is 0 Å². The van der Waals surface area contributed by atoms with E-state index in [0.717, 1.165) is 5.56 Å². The molecule has 2 heterocycles. The van der Waals surface area contributed by atoms with E-state index < -0.39 is 0 Å². The molecule has 1 N–H and O–H groups in total. The van der Waals surface area contributed by atoms with Crippen LogP contribution in [0.15, 0.2) is 63.9 Å². The number of benzene rings is 2. The number of nitrogens with one attached hydrogen (secondary N) is 1. The van der Waals surface area contributed by atoms with Gasteiger partial charge in [-0.15, -0.1) is 0 Å². The molecule has 0 aliphatic rings. The fraction of sp³-hybridized carbons (Fsp3) is 0.231. The number of hydrogen-bond acceptors (Lipinski definition) is 7. The Kier molecular flexibility index (Phi) is 6.96. The molecule has 0 aliphatic carbocycles. The topological polar surface area (TPSA) is 108 Å². The summed E-state index contributed by atoms with van der Waals surface area (Å²) in [5, 5.41) is 6.83. The Bertz CT molecular complexity index is 1390. The highest BCUT2D eigenvalue weighted by molar-refractivity contribution is 5.90. The van der Waals surface area contributed by atoms with Gasteiger partial charge in [-0.05, 0) is 80.9 Å². The smallest absolute Gasteiger partial charge is 0.264 e. The van der Waals surface area contributed by atoms with Crippen LogP contribution in [0.3, 0.4) is 0 Å². The summed E-state index contributed by atoms with van der Waals surface area (Å²) in [6.45, 7) is 5.87. The van der Waals surface area contributed by atoms with Crippen LogP contribution in [-0.2, 0) is 11.3 Å². The van der Waals surface area contributed by atoms with Crippen molar-refractivity contribution in [1.82, 2.24) is 14.7 Å². The van der Waals surface area contributed by atoms with Gasteiger partial charge in [-0.1, -0.05) is 5.16 Å². The monoisotopic (exact) mass is 474 g/mol.